The fourth-order valence-electron chi connectivity index (χ4n) is 1.96. The fourth-order valence-corrected chi connectivity index (χ4v) is 3.52. The van der Waals surface area contributed by atoms with E-state index in [4.69, 9.17) is 5.26 Å². The molecule has 2 N–H and O–H groups in total. The van der Waals surface area contributed by atoms with Crippen molar-refractivity contribution in [2.75, 3.05) is 0 Å². The van der Waals surface area contributed by atoms with E-state index in [2.05, 4.69) is 0 Å². The lowest BCUT2D eigenvalue weighted by atomic mass is 10.2. The van der Waals surface area contributed by atoms with Crippen LogP contribution in [-0.4, -0.2) is 23.6 Å². The van der Waals surface area contributed by atoms with Crippen molar-refractivity contribution in [1.82, 2.24) is 0 Å². The zero-order chi connectivity index (χ0) is 17.4. The van der Waals surface area contributed by atoms with E-state index in [9.17, 15) is 28.7 Å². The zero-order valence-corrected chi connectivity index (χ0v) is 12.5. The predicted molar refractivity (Wildman–Crippen MR) is 77.8 cm³/mol. The van der Waals surface area contributed by atoms with E-state index in [1.807, 2.05) is 0 Å². The predicted octanol–water partition coefficient (Wildman–Crippen LogP) is 2.02. The molecule has 0 saturated carbocycles. The van der Waals surface area contributed by atoms with E-state index < -0.39 is 36.8 Å². The van der Waals surface area contributed by atoms with Crippen LogP contribution in [0, 0.1) is 28.4 Å². The van der Waals surface area contributed by atoms with Crippen LogP contribution in [0.15, 0.2) is 40.1 Å². The summed E-state index contributed by atoms with van der Waals surface area (Å²) in [5.41, 5.74) is -0.497. The van der Waals surface area contributed by atoms with Gasteiger partial charge in [-0.25, -0.2) is 8.42 Å². The highest BCUT2D eigenvalue weighted by Crippen LogP contribution is 2.39. The number of rotatable bonds is 3. The lowest BCUT2D eigenvalue weighted by molar-refractivity contribution is -0.386. The molecule has 0 saturated heterocycles. The van der Waals surface area contributed by atoms with Gasteiger partial charge in [0.1, 0.15) is 0 Å². The van der Waals surface area contributed by atoms with Gasteiger partial charge in [0.05, 0.1) is 26.3 Å². The summed E-state index contributed by atoms with van der Waals surface area (Å²) < 4.78 is 25.3. The second kappa shape index (κ2) is 5.58. The number of hydrogen-bond acceptors (Lipinski definition) is 7. The van der Waals surface area contributed by atoms with Crippen molar-refractivity contribution in [1.29, 1.82) is 5.26 Å². The van der Waals surface area contributed by atoms with E-state index in [0.717, 1.165) is 12.1 Å². The standard InChI is InChI=1S/C14H10N2O6S/c1-8-2-3-9(7-15)4-13(8)23(21,22)10-5-11(16(19)20)14(18)12(17)6-10/h2-6,17-18H,1H3. The number of aryl methyl sites for hydroxylation is 1. The van der Waals surface area contributed by atoms with Crippen LogP contribution in [0.25, 0.3) is 0 Å². The highest BCUT2D eigenvalue weighted by molar-refractivity contribution is 7.91. The average Bonchev–Trinajstić information content (AvgIpc) is 2.49. The fraction of sp³-hybridized carbons (Fsp3) is 0.0714. The number of phenolic OH excluding ortho intramolecular Hbond substituents is 2. The summed E-state index contributed by atoms with van der Waals surface area (Å²) in [5, 5.41) is 38.7. The molecule has 2 aromatic carbocycles. The summed E-state index contributed by atoms with van der Waals surface area (Å²) in [7, 11) is -4.22. The summed E-state index contributed by atoms with van der Waals surface area (Å²) in [6.45, 7) is 1.50. The van der Waals surface area contributed by atoms with Gasteiger partial charge in [-0.1, -0.05) is 6.07 Å². The lowest BCUT2D eigenvalue weighted by Gasteiger charge is -2.09. The molecule has 23 heavy (non-hydrogen) atoms. The van der Waals surface area contributed by atoms with Gasteiger partial charge in [0.25, 0.3) is 0 Å². The first kappa shape index (κ1) is 16.3. The molecule has 0 amide bonds. The van der Waals surface area contributed by atoms with Crippen LogP contribution in [0.1, 0.15) is 11.1 Å². The molecule has 0 aliphatic rings. The third-order valence-corrected chi connectivity index (χ3v) is 5.03. The average molecular weight is 334 g/mol. The van der Waals surface area contributed by atoms with Gasteiger partial charge in [-0.2, -0.15) is 5.26 Å². The molecule has 0 atom stereocenters. The first-order valence-electron chi connectivity index (χ1n) is 6.14. The third-order valence-electron chi connectivity index (χ3n) is 3.16. The SMILES string of the molecule is Cc1ccc(C#N)cc1S(=O)(=O)c1cc(O)c(O)c([N+](=O)[O-])c1. The molecule has 0 aliphatic heterocycles. The summed E-state index contributed by atoms with van der Waals surface area (Å²) >= 11 is 0. The zero-order valence-electron chi connectivity index (χ0n) is 11.7. The maximum atomic E-state index is 12.6. The second-order valence-electron chi connectivity index (χ2n) is 4.66. The van der Waals surface area contributed by atoms with Crippen LogP contribution in [0.2, 0.25) is 0 Å². The lowest BCUT2D eigenvalue weighted by Crippen LogP contribution is -2.05. The maximum absolute atomic E-state index is 12.6. The van der Waals surface area contributed by atoms with Crippen molar-refractivity contribution >= 4 is 15.5 Å². The molecular formula is C14H10N2O6S. The number of nitriles is 1. The normalized spacial score (nSPS) is 11.0. The van der Waals surface area contributed by atoms with Gasteiger partial charge in [0, 0.05) is 12.1 Å². The highest BCUT2D eigenvalue weighted by Gasteiger charge is 2.27. The van der Waals surface area contributed by atoms with Crippen molar-refractivity contribution < 1.29 is 23.6 Å². The molecule has 0 unspecified atom stereocenters. The van der Waals surface area contributed by atoms with Crippen LogP contribution in [0.3, 0.4) is 0 Å². The van der Waals surface area contributed by atoms with Gasteiger partial charge in [0.15, 0.2) is 5.75 Å². The van der Waals surface area contributed by atoms with E-state index >= 15 is 0 Å². The Morgan fingerprint density at radius 3 is 2.43 bits per heavy atom. The largest absolute Gasteiger partial charge is 0.504 e. The molecular weight excluding hydrogens is 324 g/mol. The maximum Gasteiger partial charge on any atom is 0.315 e. The van der Waals surface area contributed by atoms with Gasteiger partial charge in [-0.15, -0.1) is 0 Å². The number of hydrogen-bond donors (Lipinski definition) is 2. The van der Waals surface area contributed by atoms with Gasteiger partial charge in [0.2, 0.25) is 15.6 Å². The quantitative estimate of drug-likeness (QED) is 0.496. The minimum absolute atomic E-state index is 0.103. The van der Waals surface area contributed by atoms with Crippen LogP contribution in [-0.2, 0) is 9.84 Å². The molecule has 2 aromatic rings. The highest BCUT2D eigenvalue weighted by atomic mass is 32.2. The Hall–Kier alpha value is -3.12. The van der Waals surface area contributed by atoms with Crippen LogP contribution < -0.4 is 0 Å². The Labute approximate surface area is 130 Å². The smallest absolute Gasteiger partial charge is 0.315 e. The first-order valence-corrected chi connectivity index (χ1v) is 7.63. The topological polar surface area (TPSA) is 142 Å². The second-order valence-corrected chi connectivity index (χ2v) is 6.58. The number of phenols is 2. The van der Waals surface area contributed by atoms with E-state index in [0.29, 0.717) is 11.6 Å². The summed E-state index contributed by atoms with van der Waals surface area (Å²) in [6, 6.07) is 7.19. The molecule has 0 aromatic heterocycles. The van der Waals surface area contributed by atoms with E-state index in [1.165, 1.54) is 19.1 Å². The Morgan fingerprint density at radius 2 is 1.87 bits per heavy atom. The molecule has 8 nitrogen and oxygen atoms in total. The summed E-state index contributed by atoms with van der Waals surface area (Å²) in [5.74, 6) is -1.94. The Bertz CT molecular complexity index is 960. The number of benzene rings is 2. The molecule has 0 aliphatic carbocycles. The minimum atomic E-state index is -4.22. The summed E-state index contributed by atoms with van der Waals surface area (Å²) in [6.07, 6.45) is 0. The minimum Gasteiger partial charge on any atom is -0.504 e. The van der Waals surface area contributed by atoms with Gasteiger partial charge in [-0.05, 0) is 24.6 Å². The van der Waals surface area contributed by atoms with Crippen molar-refractivity contribution in [2.45, 2.75) is 16.7 Å². The van der Waals surface area contributed by atoms with Crippen molar-refractivity contribution in [3.05, 3.63) is 51.6 Å². The van der Waals surface area contributed by atoms with Crippen LogP contribution >= 0.6 is 0 Å². The van der Waals surface area contributed by atoms with Crippen molar-refractivity contribution in [2.24, 2.45) is 0 Å². The van der Waals surface area contributed by atoms with Gasteiger partial charge in [-0.3, -0.25) is 10.1 Å². The van der Waals surface area contributed by atoms with E-state index in [1.54, 1.807) is 6.07 Å². The number of aromatic hydroxyl groups is 2. The molecule has 0 fully saturated rings. The third kappa shape index (κ3) is 2.79. The number of sulfone groups is 1. The molecule has 118 valence electrons. The van der Waals surface area contributed by atoms with Gasteiger partial charge < -0.3 is 10.2 Å². The Morgan fingerprint density at radius 1 is 1.22 bits per heavy atom. The van der Waals surface area contributed by atoms with Gasteiger partial charge >= 0.3 is 5.69 Å². The van der Waals surface area contributed by atoms with Crippen molar-refractivity contribution in [3.8, 4) is 17.6 Å². The molecule has 0 spiro atoms. The molecule has 0 radical (unpaired) electrons. The van der Waals surface area contributed by atoms with Crippen LogP contribution in [0.5, 0.6) is 11.5 Å². The first-order chi connectivity index (χ1) is 10.7. The monoisotopic (exact) mass is 334 g/mol. The number of nitrogens with zero attached hydrogens (tertiary/aromatic N) is 2. The molecule has 9 heteroatoms. The molecule has 2 rings (SSSR count). The molecule has 0 heterocycles. The van der Waals surface area contributed by atoms with Crippen molar-refractivity contribution in [3.63, 3.8) is 0 Å². The Kier molecular flexibility index (Phi) is 3.95. The molecule has 0 bridgehead atoms. The Balaban J connectivity index is 2.76. The number of nitro benzene ring substituents is 1. The van der Waals surface area contributed by atoms with E-state index in [-0.39, 0.29) is 10.5 Å². The number of nitro groups is 1. The summed E-state index contributed by atoms with van der Waals surface area (Å²) in [4.78, 5) is 9.08. The van der Waals surface area contributed by atoms with Crippen LogP contribution in [0.4, 0.5) is 5.69 Å².